The second-order valence-electron chi connectivity index (χ2n) is 5.93. The molecule has 8 heteroatoms. The van der Waals surface area contributed by atoms with Gasteiger partial charge in [-0.05, 0) is 34.5 Å². The first kappa shape index (κ1) is 17.7. The highest BCUT2D eigenvalue weighted by Crippen LogP contribution is 2.35. The van der Waals surface area contributed by atoms with E-state index in [0.29, 0.717) is 21.8 Å². The predicted octanol–water partition coefficient (Wildman–Crippen LogP) is 4.30. The maximum absolute atomic E-state index is 12.6. The van der Waals surface area contributed by atoms with Crippen LogP contribution in [0, 0.1) is 6.92 Å². The number of esters is 1. The average molecular weight is 444 g/mol. The third kappa shape index (κ3) is 2.90. The molecule has 0 fully saturated rings. The normalized spacial score (nSPS) is 11.1. The number of aromatic nitrogens is 3. The van der Waals surface area contributed by atoms with Crippen molar-refractivity contribution in [1.82, 2.24) is 14.8 Å². The second-order valence-corrected chi connectivity index (χ2v) is 7.69. The Bertz CT molecular complexity index is 1240. The Hall–Kier alpha value is -2.71. The van der Waals surface area contributed by atoms with E-state index in [-0.39, 0.29) is 5.56 Å². The molecule has 136 valence electrons. The lowest BCUT2D eigenvalue weighted by molar-refractivity contribution is 0.0606. The van der Waals surface area contributed by atoms with Gasteiger partial charge in [-0.2, -0.15) is 5.10 Å². The van der Waals surface area contributed by atoms with Crippen LogP contribution >= 0.6 is 27.3 Å². The molecule has 0 unspecified atom stereocenters. The van der Waals surface area contributed by atoms with Crippen LogP contribution in [-0.4, -0.2) is 27.8 Å². The molecule has 0 spiro atoms. The number of aromatic amines is 1. The number of rotatable bonds is 3. The summed E-state index contributed by atoms with van der Waals surface area (Å²) in [6, 6.07) is 9.55. The molecule has 0 aliphatic rings. The Balaban J connectivity index is 2.04. The number of pyridine rings is 1. The fourth-order valence-corrected chi connectivity index (χ4v) is 4.26. The highest BCUT2D eigenvalue weighted by molar-refractivity contribution is 9.10. The summed E-state index contributed by atoms with van der Waals surface area (Å²) < 4.78 is 7.09. The number of carbonyl (C=O) groups is 1. The van der Waals surface area contributed by atoms with E-state index in [1.54, 1.807) is 22.3 Å². The zero-order valence-corrected chi connectivity index (χ0v) is 16.8. The first-order chi connectivity index (χ1) is 13.0. The minimum atomic E-state index is -0.420. The summed E-state index contributed by atoms with van der Waals surface area (Å²) in [6.07, 6.45) is 1.62. The van der Waals surface area contributed by atoms with Crippen LogP contribution in [0.15, 0.2) is 51.2 Å². The van der Waals surface area contributed by atoms with E-state index in [2.05, 4.69) is 20.9 Å². The zero-order chi connectivity index (χ0) is 19.1. The molecule has 6 nitrogen and oxygen atoms in total. The average Bonchev–Trinajstić information content (AvgIpc) is 3.30. The van der Waals surface area contributed by atoms with E-state index in [1.807, 2.05) is 31.2 Å². The predicted molar refractivity (Wildman–Crippen MR) is 109 cm³/mol. The van der Waals surface area contributed by atoms with Crippen molar-refractivity contribution in [2.24, 2.45) is 0 Å². The van der Waals surface area contributed by atoms with Crippen molar-refractivity contribution >= 4 is 44.1 Å². The number of halogens is 1. The topological polar surface area (TPSA) is 77.0 Å². The van der Waals surface area contributed by atoms with Gasteiger partial charge in [-0.3, -0.25) is 4.79 Å². The zero-order valence-electron chi connectivity index (χ0n) is 14.4. The number of nitrogens with one attached hydrogen (secondary N) is 1. The van der Waals surface area contributed by atoms with Gasteiger partial charge < -0.3 is 9.72 Å². The van der Waals surface area contributed by atoms with Crippen molar-refractivity contribution < 1.29 is 9.53 Å². The summed E-state index contributed by atoms with van der Waals surface area (Å²) in [5.41, 5.74) is 3.48. The lowest BCUT2D eigenvalue weighted by Gasteiger charge is -2.03. The lowest BCUT2D eigenvalue weighted by Crippen LogP contribution is -2.10. The van der Waals surface area contributed by atoms with Crippen LogP contribution in [0.2, 0.25) is 0 Å². The molecule has 0 bridgehead atoms. The Kier molecular flexibility index (Phi) is 4.45. The molecule has 1 aromatic carbocycles. The highest BCUT2D eigenvalue weighted by atomic mass is 79.9. The van der Waals surface area contributed by atoms with Crippen LogP contribution in [0.1, 0.15) is 15.2 Å². The fourth-order valence-electron chi connectivity index (χ4n) is 2.98. The minimum absolute atomic E-state index is 0.258. The Morgan fingerprint density at radius 2 is 2.11 bits per heavy atom. The molecule has 0 aliphatic heterocycles. The maximum Gasteiger partial charge on any atom is 0.348 e. The van der Waals surface area contributed by atoms with E-state index in [9.17, 15) is 9.59 Å². The second kappa shape index (κ2) is 6.79. The van der Waals surface area contributed by atoms with E-state index in [4.69, 9.17) is 9.84 Å². The van der Waals surface area contributed by atoms with Crippen LogP contribution in [0.25, 0.3) is 27.8 Å². The van der Waals surface area contributed by atoms with E-state index >= 15 is 0 Å². The molecule has 1 N–H and O–H groups in total. The molecule has 4 rings (SSSR count). The molecular formula is C19H14BrN3O3S. The summed E-state index contributed by atoms with van der Waals surface area (Å²) >= 11 is 4.78. The Morgan fingerprint density at radius 3 is 2.85 bits per heavy atom. The third-order valence-corrected chi connectivity index (χ3v) is 5.81. The van der Waals surface area contributed by atoms with Gasteiger partial charge in [0.05, 0.1) is 12.8 Å². The van der Waals surface area contributed by atoms with Gasteiger partial charge in [-0.15, -0.1) is 11.3 Å². The molecule has 3 aromatic heterocycles. The molecule has 27 heavy (non-hydrogen) atoms. The fraction of sp³-hybridized carbons (Fsp3) is 0.105. The lowest BCUT2D eigenvalue weighted by atomic mass is 10.0. The standard InChI is InChI=1S/C19H14BrN3O3S/c1-10-5-3-4-6-12(10)16-15-13(20)8-21-18(24)17(15)23(22-16)11-7-14(27-9-11)19(25)26-2/h3-9H,1-2H3,(H,21,24). The smallest absolute Gasteiger partial charge is 0.348 e. The third-order valence-electron chi connectivity index (χ3n) is 4.29. The first-order valence-corrected chi connectivity index (χ1v) is 9.71. The highest BCUT2D eigenvalue weighted by Gasteiger charge is 2.21. The molecule has 0 radical (unpaired) electrons. The summed E-state index contributed by atoms with van der Waals surface area (Å²) in [5.74, 6) is -0.420. The number of carbonyl (C=O) groups excluding carboxylic acids is 1. The molecule has 0 amide bonds. The SMILES string of the molecule is COC(=O)c1cc(-n2nc(-c3ccccc3C)c3c(Br)c[nH]c(=O)c32)cs1. The van der Waals surface area contributed by atoms with E-state index < -0.39 is 5.97 Å². The van der Waals surface area contributed by atoms with E-state index in [1.165, 1.54) is 18.4 Å². The molecule has 0 saturated heterocycles. The van der Waals surface area contributed by atoms with Crippen molar-refractivity contribution in [2.45, 2.75) is 6.92 Å². The monoisotopic (exact) mass is 443 g/mol. The van der Waals surface area contributed by atoms with Crippen molar-refractivity contribution in [3.05, 3.63) is 67.2 Å². The molecule has 0 atom stereocenters. The largest absolute Gasteiger partial charge is 0.465 e. The number of aryl methyl sites for hydroxylation is 1. The van der Waals surface area contributed by atoms with Crippen LogP contribution in [0.4, 0.5) is 0 Å². The van der Waals surface area contributed by atoms with Gasteiger partial charge in [-0.1, -0.05) is 24.3 Å². The number of thiophene rings is 1. The number of benzene rings is 1. The van der Waals surface area contributed by atoms with Gasteiger partial charge in [0.2, 0.25) is 0 Å². The maximum atomic E-state index is 12.6. The summed E-state index contributed by atoms with van der Waals surface area (Å²) in [5, 5.41) is 7.23. The van der Waals surface area contributed by atoms with Crippen LogP contribution < -0.4 is 5.56 Å². The van der Waals surface area contributed by atoms with Crippen LogP contribution in [0.3, 0.4) is 0 Å². The molecule has 3 heterocycles. The quantitative estimate of drug-likeness (QED) is 0.478. The summed E-state index contributed by atoms with van der Waals surface area (Å²) in [6.45, 7) is 2.00. The van der Waals surface area contributed by atoms with E-state index in [0.717, 1.165) is 21.0 Å². The van der Waals surface area contributed by atoms with Crippen molar-refractivity contribution in [3.8, 4) is 16.9 Å². The van der Waals surface area contributed by atoms with Gasteiger partial charge >= 0.3 is 5.97 Å². The van der Waals surface area contributed by atoms with Crippen molar-refractivity contribution in [1.29, 1.82) is 0 Å². The first-order valence-electron chi connectivity index (χ1n) is 8.04. The minimum Gasteiger partial charge on any atom is -0.465 e. The number of hydrogen-bond donors (Lipinski definition) is 1. The Morgan fingerprint density at radius 1 is 1.33 bits per heavy atom. The van der Waals surface area contributed by atoms with Gasteiger partial charge in [0, 0.05) is 27.0 Å². The van der Waals surface area contributed by atoms with Crippen LogP contribution in [-0.2, 0) is 4.74 Å². The van der Waals surface area contributed by atoms with Gasteiger partial charge in [0.15, 0.2) is 0 Å². The number of fused-ring (bicyclic) bond motifs is 1. The van der Waals surface area contributed by atoms with Gasteiger partial charge in [-0.25, -0.2) is 9.48 Å². The number of methoxy groups -OCH3 is 1. The number of ether oxygens (including phenoxy) is 1. The summed E-state index contributed by atoms with van der Waals surface area (Å²) in [7, 11) is 1.34. The molecule has 4 aromatic rings. The molecule has 0 aliphatic carbocycles. The van der Waals surface area contributed by atoms with Gasteiger partial charge in [0.25, 0.3) is 5.56 Å². The van der Waals surface area contributed by atoms with Crippen molar-refractivity contribution in [3.63, 3.8) is 0 Å². The van der Waals surface area contributed by atoms with Crippen LogP contribution in [0.5, 0.6) is 0 Å². The molecular weight excluding hydrogens is 430 g/mol. The number of hydrogen-bond acceptors (Lipinski definition) is 5. The Labute approximate surface area is 166 Å². The van der Waals surface area contributed by atoms with Gasteiger partial charge in [0.1, 0.15) is 16.1 Å². The summed E-state index contributed by atoms with van der Waals surface area (Å²) in [4.78, 5) is 27.6. The molecule has 0 saturated carbocycles. The van der Waals surface area contributed by atoms with Crippen molar-refractivity contribution in [2.75, 3.05) is 7.11 Å². The number of H-pyrrole nitrogens is 1. The number of nitrogens with zero attached hydrogens (tertiary/aromatic N) is 2.